The third-order valence-electron chi connectivity index (χ3n) is 3.99. The van der Waals surface area contributed by atoms with Gasteiger partial charge >= 0.3 is 5.97 Å². The maximum atomic E-state index is 13.1. The molecule has 138 valence electrons. The number of carbonyl (C=O) groups excluding carboxylic acids is 1. The van der Waals surface area contributed by atoms with E-state index in [1.165, 1.54) is 23.1 Å². The first-order valence-electron chi connectivity index (χ1n) is 8.18. The van der Waals surface area contributed by atoms with Crippen LogP contribution in [0, 0.1) is 6.92 Å². The molecule has 0 radical (unpaired) electrons. The van der Waals surface area contributed by atoms with Gasteiger partial charge in [-0.2, -0.15) is 0 Å². The Balaban J connectivity index is 2.10. The Morgan fingerprint density at radius 3 is 2.27 bits per heavy atom. The number of furan rings is 1. The number of rotatable bonds is 3. The van der Waals surface area contributed by atoms with Crippen LogP contribution >= 0.6 is 0 Å². The number of nitrogens with zero attached hydrogens (tertiary/aromatic N) is 1. The van der Waals surface area contributed by atoms with Crippen molar-refractivity contribution in [1.29, 1.82) is 0 Å². The molecule has 3 rings (SSSR count). The lowest BCUT2D eigenvalue weighted by atomic mass is 10.1. The number of carbonyl (C=O) groups is 1. The number of hydrogen-bond acceptors (Lipinski definition) is 6. The zero-order chi connectivity index (χ0) is 19.1. The van der Waals surface area contributed by atoms with Crippen molar-refractivity contribution in [2.75, 3.05) is 0 Å². The molecule has 6 nitrogen and oxygen atoms in total. The largest absolute Gasteiger partial charge is 0.462 e. The quantitative estimate of drug-likeness (QED) is 0.605. The monoisotopic (exact) mass is 375 g/mol. The molecule has 1 aliphatic heterocycles. The van der Waals surface area contributed by atoms with Crippen LogP contribution in [0.1, 0.15) is 32.3 Å². The van der Waals surface area contributed by atoms with Gasteiger partial charge in [-0.15, -0.1) is 0 Å². The summed E-state index contributed by atoms with van der Waals surface area (Å²) < 4.78 is 36.9. The van der Waals surface area contributed by atoms with E-state index in [9.17, 15) is 13.2 Å². The maximum Gasteiger partial charge on any atom is 0.357 e. The first-order chi connectivity index (χ1) is 12.1. The van der Waals surface area contributed by atoms with E-state index >= 15 is 0 Å². The highest BCUT2D eigenvalue weighted by molar-refractivity contribution is 7.91. The molecule has 2 aromatic rings. The van der Waals surface area contributed by atoms with Crippen LogP contribution in [0.3, 0.4) is 0 Å². The number of aryl methyl sites for hydroxylation is 1. The van der Waals surface area contributed by atoms with Crippen molar-refractivity contribution in [2.24, 2.45) is 0 Å². The molecule has 0 aliphatic carbocycles. The fourth-order valence-electron chi connectivity index (χ4n) is 2.82. The molecule has 0 saturated carbocycles. The van der Waals surface area contributed by atoms with E-state index < -0.39 is 26.9 Å². The molecular formula is C19H21NO5S. The Labute approximate surface area is 153 Å². The Kier molecular flexibility index (Phi) is 4.44. The van der Waals surface area contributed by atoms with E-state index in [1.54, 1.807) is 37.3 Å². The Hall–Kier alpha value is -2.54. The molecule has 7 heteroatoms. The molecule has 0 N–H and O–H groups in total. The smallest absolute Gasteiger partial charge is 0.357 e. The topological polar surface area (TPSA) is 76.8 Å². The second-order valence-electron chi connectivity index (χ2n) is 7.09. The van der Waals surface area contributed by atoms with E-state index in [0.717, 1.165) is 0 Å². The summed E-state index contributed by atoms with van der Waals surface area (Å²) in [5.41, 5.74) is -1.96. The van der Waals surface area contributed by atoms with Gasteiger partial charge < -0.3 is 14.1 Å². The van der Waals surface area contributed by atoms with E-state index in [2.05, 4.69) is 0 Å². The first-order valence-corrected chi connectivity index (χ1v) is 9.73. The molecular weight excluding hydrogens is 354 g/mol. The lowest BCUT2D eigenvalue weighted by molar-refractivity contribution is -0.137. The Morgan fingerprint density at radius 1 is 1.08 bits per heavy atom. The molecule has 1 aromatic heterocycles. The van der Waals surface area contributed by atoms with Crippen LogP contribution in [-0.4, -0.2) is 30.4 Å². The molecule has 26 heavy (non-hydrogen) atoms. The van der Waals surface area contributed by atoms with Crippen molar-refractivity contribution in [3.63, 3.8) is 0 Å². The average molecular weight is 375 g/mol. The summed E-state index contributed by atoms with van der Waals surface area (Å²) in [4.78, 5) is 14.1. The molecule has 1 aliphatic rings. The third kappa shape index (κ3) is 3.26. The van der Waals surface area contributed by atoms with Crippen molar-refractivity contribution in [3.8, 4) is 0 Å². The zero-order valence-corrected chi connectivity index (χ0v) is 15.9. The van der Waals surface area contributed by atoms with Crippen molar-refractivity contribution in [3.05, 3.63) is 59.7 Å². The molecule has 1 aromatic carbocycles. The lowest BCUT2D eigenvalue weighted by Crippen LogP contribution is -2.47. The maximum absolute atomic E-state index is 13.1. The van der Waals surface area contributed by atoms with Crippen molar-refractivity contribution in [1.82, 2.24) is 4.90 Å². The predicted octanol–water partition coefficient (Wildman–Crippen LogP) is 3.34. The second-order valence-corrected chi connectivity index (χ2v) is 9.05. The number of ether oxygens (including phenoxy) is 1. The highest BCUT2D eigenvalue weighted by Crippen LogP contribution is 2.36. The van der Waals surface area contributed by atoms with Crippen molar-refractivity contribution in [2.45, 2.75) is 43.7 Å². The summed E-state index contributed by atoms with van der Waals surface area (Å²) in [6.07, 6.45) is 1.51. The van der Waals surface area contributed by atoms with Crippen LogP contribution in [0.5, 0.6) is 0 Å². The minimum Gasteiger partial charge on any atom is -0.462 e. The average Bonchev–Trinajstić information content (AvgIpc) is 3.12. The lowest BCUT2D eigenvalue weighted by Gasteiger charge is -2.36. The normalized spacial score (nSPS) is 19.8. The Morgan fingerprint density at radius 2 is 1.73 bits per heavy atom. The van der Waals surface area contributed by atoms with Gasteiger partial charge in [0.05, 0.1) is 4.90 Å². The van der Waals surface area contributed by atoms with Gasteiger partial charge in [0.15, 0.2) is 0 Å². The van der Waals surface area contributed by atoms with Crippen LogP contribution in [-0.2, 0) is 19.4 Å². The van der Waals surface area contributed by atoms with Crippen molar-refractivity contribution < 1.29 is 22.4 Å². The highest BCUT2D eigenvalue weighted by Gasteiger charge is 2.49. The number of sulfone groups is 1. The van der Waals surface area contributed by atoms with Crippen LogP contribution in [0.2, 0.25) is 0 Å². The minimum atomic E-state index is -3.91. The van der Waals surface area contributed by atoms with E-state index in [0.29, 0.717) is 11.5 Å². The van der Waals surface area contributed by atoms with Gasteiger partial charge in [-0.05, 0) is 52.0 Å². The van der Waals surface area contributed by atoms with Crippen LogP contribution in [0.4, 0.5) is 0 Å². The van der Waals surface area contributed by atoms with Crippen LogP contribution in [0.15, 0.2) is 57.5 Å². The molecule has 2 heterocycles. The number of esters is 1. The summed E-state index contributed by atoms with van der Waals surface area (Å²) in [6, 6.07) is 11.5. The third-order valence-corrected chi connectivity index (χ3v) is 5.75. The SMILES string of the molecule is Cc1ccc(C=C2C(=O)OC(S(=O)(=O)c3ccccc3)N2C(C)(C)C)o1. The highest BCUT2D eigenvalue weighted by atomic mass is 32.2. The summed E-state index contributed by atoms with van der Waals surface area (Å²) in [7, 11) is -3.91. The number of hydrogen-bond donors (Lipinski definition) is 0. The van der Waals surface area contributed by atoms with E-state index in [1.807, 2.05) is 20.8 Å². The van der Waals surface area contributed by atoms with Crippen LogP contribution < -0.4 is 0 Å². The molecule has 0 bridgehead atoms. The van der Waals surface area contributed by atoms with Gasteiger partial charge in [-0.25, -0.2) is 13.2 Å². The van der Waals surface area contributed by atoms with Crippen molar-refractivity contribution >= 4 is 21.9 Å². The fourth-order valence-corrected chi connectivity index (χ4v) is 4.51. The molecule has 0 amide bonds. The number of cyclic esters (lactones) is 1. The van der Waals surface area contributed by atoms with E-state index in [-0.39, 0.29) is 10.6 Å². The molecule has 1 fully saturated rings. The zero-order valence-electron chi connectivity index (χ0n) is 15.1. The van der Waals surface area contributed by atoms with Gasteiger partial charge in [0.2, 0.25) is 9.84 Å². The van der Waals surface area contributed by atoms with Gasteiger partial charge in [0.25, 0.3) is 5.56 Å². The summed E-state index contributed by atoms with van der Waals surface area (Å²) in [5, 5.41) is 0. The van der Waals surface area contributed by atoms with E-state index in [4.69, 9.17) is 9.15 Å². The molecule has 1 unspecified atom stereocenters. The minimum absolute atomic E-state index is 0.0992. The summed E-state index contributed by atoms with van der Waals surface area (Å²) >= 11 is 0. The second kappa shape index (κ2) is 6.32. The number of benzene rings is 1. The van der Waals surface area contributed by atoms with Gasteiger partial charge in [0, 0.05) is 11.6 Å². The summed E-state index contributed by atoms with van der Waals surface area (Å²) in [5.74, 6) is 0.457. The van der Waals surface area contributed by atoms with Gasteiger partial charge in [0.1, 0.15) is 17.2 Å². The standard InChI is InChI=1S/C19H21NO5S/c1-13-10-11-14(24-13)12-16-17(21)25-18(20(16)19(2,3)4)26(22,23)15-8-6-5-7-9-15/h5-12,18H,1-4H3. The first kappa shape index (κ1) is 18.3. The predicted molar refractivity (Wildman–Crippen MR) is 96.5 cm³/mol. The molecule has 0 spiro atoms. The molecule has 1 atom stereocenters. The van der Waals surface area contributed by atoms with Gasteiger partial charge in [-0.1, -0.05) is 18.2 Å². The molecule has 1 saturated heterocycles. The van der Waals surface area contributed by atoms with Gasteiger partial charge in [-0.3, -0.25) is 0 Å². The van der Waals surface area contributed by atoms with Crippen LogP contribution in [0.25, 0.3) is 6.08 Å². The summed E-state index contributed by atoms with van der Waals surface area (Å²) in [6.45, 7) is 7.26. The Bertz CT molecular complexity index is 951. The fraction of sp³-hybridized carbons (Fsp3) is 0.316.